The van der Waals surface area contributed by atoms with Crippen LogP contribution in [0.15, 0.2) is 29.2 Å². The van der Waals surface area contributed by atoms with Crippen molar-refractivity contribution >= 4 is 11.7 Å². The van der Waals surface area contributed by atoms with Gasteiger partial charge in [-0.3, -0.25) is 14.4 Å². The zero-order valence-corrected chi connectivity index (χ0v) is 17.6. The first-order valence-electron chi connectivity index (χ1n) is 9.46. The third-order valence-electron chi connectivity index (χ3n) is 4.25. The number of ether oxygens (including phenoxy) is 1. The second-order valence-electron chi connectivity index (χ2n) is 6.02. The molecule has 0 fully saturated rings. The Morgan fingerprint density at radius 1 is 1.27 bits per heavy atom. The number of ketones is 1. The van der Waals surface area contributed by atoms with Gasteiger partial charge in [-0.1, -0.05) is 19.9 Å². The van der Waals surface area contributed by atoms with Gasteiger partial charge < -0.3 is 19.7 Å². The Bertz CT molecular complexity index is 973. The molecule has 1 atom stereocenters. The van der Waals surface area contributed by atoms with Crippen LogP contribution in [0.5, 0.6) is 5.75 Å². The number of halogens is 2. The molecule has 2 N–H and O–H groups in total. The number of aromatic hydroxyl groups is 1. The molecular weight excluding hydrogens is 398 g/mol. The molecule has 1 unspecified atom stereocenters. The van der Waals surface area contributed by atoms with E-state index in [-0.39, 0.29) is 24.3 Å². The van der Waals surface area contributed by atoms with Crippen LogP contribution in [0.4, 0.5) is 8.78 Å². The highest BCUT2D eigenvalue weighted by molar-refractivity contribution is 6.01. The number of hydrogen-bond acceptors (Lipinski definition) is 5. The molecule has 30 heavy (non-hydrogen) atoms. The summed E-state index contributed by atoms with van der Waals surface area (Å²) >= 11 is 0. The second kappa shape index (κ2) is 11.2. The van der Waals surface area contributed by atoms with Gasteiger partial charge in [0.1, 0.15) is 29.0 Å². The van der Waals surface area contributed by atoms with E-state index in [1.165, 1.54) is 24.7 Å². The molecule has 0 aliphatic carbocycles. The SMILES string of the molecule is CC.CCn1cc(C(=O)NCc2ccc(F)cc2F)c(=O)c(O)c1C(=O)C(C)OC. The Morgan fingerprint density at radius 3 is 2.43 bits per heavy atom. The molecule has 0 bridgehead atoms. The standard InChI is InChI=1S/C19H20F2N2O5.C2H6/c1-4-23-9-13(17(25)18(26)15(23)16(24)10(2)28-3)19(27)22-8-11-5-6-12(20)7-14(11)21;1-2/h5-7,9-10,26H,4,8H2,1-3H3,(H,22,27);1-2H3. The van der Waals surface area contributed by atoms with Crippen LogP contribution in [0.3, 0.4) is 0 Å². The summed E-state index contributed by atoms with van der Waals surface area (Å²) in [6.45, 7) is 7.02. The van der Waals surface area contributed by atoms with Crippen LogP contribution < -0.4 is 10.7 Å². The van der Waals surface area contributed by atoms with Gasteiger partial charge in [0.15, 0.2) is 5.75 Å². The number of hydrogen-bond donors (Lipinski definition) is 2. The van der Waals surface area contributed by atoms with Crippen LogP contribution in [0, 0.1) is 11.6 Å². The van der Waals surface area contributed by atoms with Crippen molar-refractivity contribution in [3.8, 4) is 5.75 Å². The van der Waals surface area contributed by atoms with E-state index in [0.717, 1.165) is 12.3 Å². The fourth-order valence-electron chi connectivity index (χ4n) is 2.55. The highest BCUT2D eigenvalue weighted by atomic mass is 19.1. The lowest BCUT2D eigenvalue weighted by Crippen LogP contribution is -2.32. The van der Waals surface area contributed by atoms with Crippen LogP contribution in [-0.2, 0) is 17.8 Å². The summed E-state index contributed by atoms with van der Waals surface area (Å²) < 4.78 is 32.8. The number of rotatable bonds is 7. The van der Waals surface area contributed by atoms with Crippen molar-refractivity contribution in [2.75, 3.05) is 7.11 Å². The Kier molecular flexibility index (Phi) is 9.32. The van der Waals surface area contributed by atoms with Gasteiger partial charge >= 0.3 is 0 Å². The average molecular weight is 424 g/mol. The normalized spacial score (nSPS) is 11.3. The fraction of sp³-hybridized carbons (Fsp3) is 0.381. The van der Waals surface area contributed by atoms with Crippen molar-refractivity contribution in [2.45, 2.75) is 46.9 Å². The molecule has 2 aromatic rings. The van der Waals surface area contributed by atoms with Gasteiger partial charge in [-0.05, 0) is 19.9 Å². The maximum atomic E-state index is 13.7. The fourth-order valence-corrected chi connectivity index (χ4v) is 2.55. The Labute approximate surface area is 173 Å². The molecule has 1 heterocycles. The maximum Gasteiger partial charge on any atom is 0.257 e. The minimum atomic E-state index is -1.03. The van der Waals surface area contributed by atoms with Crippen molar-refractivity contribution in [3.05, 3.63) is 63.1 Å². The number of pyridine rings is 1. The monoisotopic (exact) mass is 424 g/mol. The zero-order valence-electron chi connectivity index (χ0n) is 17.6. The number of aryl methyl sites for hydroxylation is 1. The molecule has 0 spiro atoms. The first kappa shape index (κ1) is 25.0. The van der Waals surface area contributed by atoms with Crippen LogP contribution in [0.2, 0.25) is 0 Å². The predicted molar refractivity (Wildman–Crippen MR) is 108 cm³/mol. The maximum absolute atomic E-state index is 13.7. The van der Waals surface area contributed by atoms with Crippen LogP contribution in [0.1, 0.15) is 54.1 Å². The third-order valence-corrected chi connectivity index (χ3v) is 4.25. The number of nitrogens with zero attached hydrogens (tertiary/aromatic N) is 1. The lowest BCUT2D eigenvalue weighted by molar-refractivity contribution is 0.0641. The quantitative estimate of drug-likeness (QED) is 0.666. The summed E-state index contributed by atoms with van der Waals surface area (Å²) in [6, 6.07) is 2.88. The van der Waals surface area contributed by atoms with E-state index < -0.39 is 46.2 Å². The molecule has 164 valence electrons. The largest absolute Gasteiger partial charge is 0.503 e. The number of carbonyl (C=O) groups is 2. The first-order chi connectivity index (χ1) is 14.2. The second-order valence-corrected chi connectivity index (χ2v) is 6.02. The molecule has 9 heteroatoms. The highest BCUT2D eigenvalue weighted by Crippen LogP contribution is 2.17. The topological polar surface area (TPSA) is 97.6 Å². The molecular formula is C21H26F2N2O5. The molecule has 7 nitrogen and oxygen atoms in total. The number of carbonyl (C=O) groups excluding carboxylic acids is 2. The Hall–Kier alpha value is -3.07. The summed E-state index contributed by atoms with van der Waals surface area (Å²) in [5.41, 5.74) is -1.68. The van der Waals surface area contributed by atoms with E-state index in [2.05, 4.69) is 5.32 Å². The van der Waals surface area contributed by atoms with Crippen molar-refractivity contribution in [1.29, 1.82) is 0 Å². The minimum Gasteiger partial charge on any atom is -0.503 e. The lowest BCUT2D eigenvalue weighted by Gasteiger charge is -2.17. The number of amides is 1. The van der Waals surface area contributed by atoms with Gasteiger partial charge in [0, 0.05) is 38.0 Å². The lowest BCUT2D eigenvalue weighted by atomic mass is 10.1. The smallest absolute Gasteiger partial charge is 0.257 e. The van der Waals surface area contributed by atoms with Crippen molar-refractivity contribution in [2.24, 2.45) is 0 Å². The molecule has 0 saturated heterocycles. The van der Waals surface area contributed by atoms with E-state index in [1.807, 2.05) is 13.8 Å². The van der Waals surface area contributed by atoms with Crippen LogP contribution in [-0.4, -0.2) is 34.6 Å². The molecule has 1 aromatic carbocycles. The Morgan fingerprint density at radius 2 is 1.90 bits per heavy atom. The van der Waals surface area contributed by atoms with Gasteiger partial charge in [-0.25, -0.2) is 8.78 Å². The molecule has 0 aliphatic rings. The number of methoxy groups -OCH3 is 1. The molecule has 1 aromatic heterocycles. The number of benzene rings is 1. The molecule has 2 rings (SSSR count). The van der Waals surface area contributed by atoms with Gasteiger partial charge in [0.05, 0.1) is 0 Å². The van der Waals surface area contributed by atoms with E-state index in [9.17, 15) is 28.3 Å². The molecule has 1 amide bonds. The van der Waals surface area contributed by atoms with Gasteiger partial charge in [-0.15, -0.1) is 0 Å². The number of nitrogens with one attached hydrogen (secondary N) is 1. The molecule has 0 aliphatic heterocycles. The third kappa shape index (κ3) is 5.50. The van der Waals surface area contributed by atoms with E-state index >= 15 is 0 Å². The van der Waals surface area contributed by atoms with Gasteiger partial charge in [0.25, 0.3) is 5.91 Å². The van der Waals surface area contributed by atoms with Gasteiger partial charge in [0.2, 0.25) is 11.2 Å². The van der Waals surface area contributed by atoms with Crippen LogP contribution >= 0.6 is 0 Å². The summed E-state index contributed by atoms with van der Waals surface area (Å²) in [4.78, 5) is 37.1. The summed E-state index contributed by atoms with van der Waals surface area (Å²) in [5, 5.41) is 12.6. The van der Waals surface area contributed by atoms with E-state index in [4.69, 9.17) is 4.74 Å². The first-order valence-corrected chi connectivity index (χ1v) is 9.46. The minimum absolute atomic E-state index is 0.0236. The van der Waals surface area contributed by atoms with Gasteiger partial charge in [-0.2, -0.15) is 0 Å². The molecule has 0 saturated carbocycles. The predicted octanol–water partition coefficient (Wildman–Crippen LogP) is 3.03. The number of Topliss-reactive ketones (excluding diaryl/α,β-unsaturated/α-hetero) is 1. The summed E-state index contributed by atoms with van der Waals surface area (Å²) in [7, 11) is 1.31. The van der Waals surface area contributed by atoms with Crippen molar-refractivity contribution in [3.63, 3.8) is 0 Å². The van der Waals surface area contributed by atoms with Crippen molar-refractivity contribution < 1.29 is 28.2 Å². The highest BCUT2D eigenvalue weighted by Gasteiger charge is 2.26. The Balaban J connectivity index is 0.00000218. The summed E-state index contributed by atoms with van der Waals surface area (Å²) in [5.74, 6) is -3.95. The van der Waals surface area contributed by atoms with E-state index in [1.54, 1.807) is 6.92 Å². The van der Waals surface area contributed by atoms with Crippen LogP contribution in [0.25, 0.3) is 0 Å². The average Bonchev–Trinajstić information content (AvgIpc) is 2.74. The summed E-state index contributed by atoms with van der Waals surface area (Å²) in [6.07, 6.45) is 0.248. The zero-order chi connectivity index (χ0) is 23.0. The van der Waals surface area contributed by atoms with Crippen molar-refractivity contribution in [1.82, 2.24) is 9.88 Å². The molecule has 0 radical (unpaired) electrons. The van der Waals surface area contributed by atoms with E-state index in [0.29, 0.717) is 6.07 Å². The number of aromatic nitrogens is 1.